The second-order valence-corrected chi connectivity index (χ2v) is 4.97. The first-order valence-electron chi connectivity index (χ1n) is 7.17. The molecule has 3 nitrogen and oxygen atoms in total. The van der Waals surface area contributed by atoms with Crippen LogP contribution in [0, 0.1) is 5.41 Å². The predicted octanol–water partition coefficient (Wildman–Crippen LogP) is 4.96. The third-order valence-corrected chi connectivity index (χ3v) is 4.24. The van der Waals surface area contributed by atoms with Gasteiger partial charge < -0.3 is 0 Å². The van der Waals surface area contributed by atoms with Crippen molar-refractivity contribution in [2.24, 2.45) is 5.41 Å². The van der Waals surface area contributed by atoms with E-state index in [-0.39, 0.29) is 0 Å². The van der Waals surface area contributed by atoms with Crippen molar-refractivity contribution < 1.29 is 15.2 Å². The Labute approximate surface area is 106 Å². The van der Waals surface area contributed by atoms with Crippen molar-refractivity contribution in [3.05, 3.63) is 0 Å². The summed E-state index contributed by atoms with van der Waals surface area (Å²) in [5, 5.41) is 11.5. The fraction of sp³-hybridized carbons (Fsp3) is 1.00. The summed E-state index contributed by atoms with van der Waals surface area (Å²) in [6, 6.07) is 0. The average molecular weight is 246 g/mol. The van der Waals surface area contributed by atoms with Crippen molar-refractivity contribution in [3.63, 3.8) is 0 Å². The molecule has 0 bridgehead atoms. The molecule has 0 heterocycles. The van der Waals surface area contributed by atoms with Crippen LogP contribution in [0.2, 0.25) is 0 Å². The van der Waals surface area contributed by atoms with E-state index in [9.17, 15) is 0 Å². The van der Waals surface area contributed by atoms with Crippen LogP contribution in [-0.4, -0.2) is 11.9 Å². The molecule has 0 aliphatic carbocycles. The summed E-state index contributed by atoms with van der Waals surface area (Å²) in [6.45, 7) is 7.44. The van der Waals surface area contributed by atoms with Gasteiger partial charge in [0.1, 0.15) is 0 Å². The van der Waals surface area contributed by atoms with Gasteiger partial charge in [-0.1, -0.05) is 70.8 Å². The summed E-state index contributed by atoms with van der Waals surface area (Å²) >= 11 is 0. The molecule has 0 rings (SSSR count). The van der Waals surface area contributed by atoms with Gasteiger partial charge in [-0.25, -0.2) is 10.1 Å². The molecule has 0 saturated carbocycles. The monoisotopic (exact) mass is 246 g/mol. The molecule has 0 aromatic heterocycles. The molecule has 1 N–H and O–H groups in total. The maximum absolute atomic E-state index is 7.96. The van der Waals surface area contributed by atoms with E-state index in [2.05, 4.69) is 30.7 Å². The Morgan fingerprint density at radius 2 is 1.35 bits per heavy atom. The highest BCUT2D eigenvalue weighted by molar-refractivity contribution is 4.74. The van der Waals surface area contributed by atoms with E-state index in [0.29, 0.717) is 12.0 Å². The fourth-order valence-electron chi connectivity index (χ4n) is 2.51. The minimum atomic E-state index is 0.485. The van der Waals surface area contributed by atoms with E-state index in [1.54, 1.807) is 0 Å². The van der Waals surface area contributed by atoms with Crippen molar-refractivity contribution in [1.29, 1.82) is 0 Å². The largest absolute Gasteiger partial charge is 0.221 e. The number of unbranched alkanes of at least 4 members (excludes halogenated alkanes) is 4. The number of hydrogen-bond acceptors (Lipinski definition) is 3. The van der Waals surface area contributed by atoms with Crippen LogP contribution in [0.3, 0.4) is 0 Å². The Kier molecular flexibility index (Phi) is 10.9. The molecule has 0 unspecified atom stereocenters. The van der Waals surface area contributed by atoms with E-state index >= 15 is 0 Å². The van der Waals surface area contributed by atoms with Crippen molar-refractivity contribution in [2.75, 3.05) is 6.61 Å². The van der Waals surface area contributed by atoms with Gasteiger partial charge in [-0.3, -0.25) is 0 Å². The van der Waals surface area contributed by atoms with Gasteiger partial charge in [0.05, 0.1) is 6.61 Å². The van der Waals surface area contributed by atoms with Gasteiger partial charge in [0, 0.05) is 0 Å². The average Bonchev–Trinajstić information content (AvgIpc) is 2.38. The van der Waals surface area contributed by atoms with E-state index in [4.69, 9.17) is 5.26 Å². The van der Waals surface area contributed by atoms with Crippen LogP contribution >= 0.6 is 0 Å². The highest BCUT2D eigenvalue weighted by Gasteiger charge is 2.22. The zero-order valence-electron chi connectivity index (χ0n) is 11.8. The molecule has 0 fully saturated rings. The van der Waals surface area contributed by atoms with Gasteiger partial charge in [0.25, 0.3) is 0 Å². The molecule has 0 aliphatic rings. The molecule has 0 atom stereocenters. The number of hydrogen-bond donors (Lipinski definition) is 1. The first-order valence-corrected chi connectivity index (χ1v) is 7.17. The molecular formula is C14H30O3. The smallest absolute Gasteiger partial charge is 0.0853 e. The molecule has 0 aliphatic heterocycles. The minimum Gasteiger partial charge on any atom is -0.221 e. The van der Waals surface area contributed by atoms with Gasteiger partial charge in [-0.2, -0.15) is 0 Å². The Hall–Kier alpha value is -0.120. The number of rotatable bonds is 12. The van der Waals surface area contributed by atoms with Crippen LogP contribution in [0.25, 0.3) is 0 Å². The topological polar surface area (TPSA) is 38.7 Å². The SMILES string of the molecule is CCC(CC)(CC)CCCCCCCOOO. The van der Waals surface area contributed by atoms with Crippen LogP contribution in [0.5, 0.6) is 0 Å². The van der Waals surface area contributed by atoms with E-state index in [1.807, 2.05) is 0 Å². The minimum absolute atomic E-state index is 0.485. The fourth-order valence-corrected chi connectivity index (χ4v) is 2.51. The van der Waals surface area contributed by atoms with E-state index < -0.39 is 0 Å². The maximum atomic E-state index is 7.96. The molecule has 0 amide bonds. The summed E-state index contributed by atoms with van der Waals surface area (Å²) in [5.41, 5.74) is 0.591. The molecule has 104 valence electrons. The van der Waals surface area contributed by atoms with Crippen molar-refractivity contribution in [3.8, 4) is 0 Å². The zero-order chi connectivity index (χ0) is 13.0. The van der Waals surface area contributed by atoms with Crippen LogP contribution in [0.15, 0.2) is 0 Å². The zero-order valence-corrected chi connectivity index (χ0v) is 11.8. The second-order valence-electron chi connectivity index (χ2n) is 4.97. The lowest BCUT2D eigenvalue weighted by Gasteiger charge is -2.30. The lowest BCUT2D eigenvalue weighted by Crippen LogP contribution is -2.17. The third-order valence-electron chi connectivity index (χ3n) is 4.24. The summed E-state index contributed by atoms with van der Waals surface area (Å²) in [7, 11) is 0. The van der Waals surface area contributed by atoms with E-state index in [0.717, 1.165) is 12.8 Å². The van der Waals surface area contributed by atoms with Crippen molar-refractivity contribution in [1.82, 2.24) is 0 Å². The normalized spacial score (nSPS) is 12.0. The van der Waals surface area contributed by atoms with Gasteiger partial charge in [0.2, 0.25) is 0 Å². The van der Waals surface area contributed by atoms with Crippen molar-refractivity contribution >= 4 is 0 Å². The summed E-state index contributed by atoms with van der Waals surface area (Å²) < 4.78 is 0. The van der Waals surface area contributed by atoms with Gasteiger partial charge >= 0.3 is 0 Å². The van der Waals surface area contributed by atoms with E-state index in [1.165, 1.54) is 44.9 Å². The molecule has 0 aromatic carbocycles. The third kappa shape index (κ3) is 7.74. The molecule has 17 heavy (non-hydrogen) atoms. The highest BCUT2D eigenvalue weighted by atomic mass is 17.5. The van der Waals surface area contributed by atoms with Crippen LogP contribution in [-0.2, 0) is 9.93 Å². The molecular weight excluding hydrogens is 216 g/mol. The Morgan fingerprint density at radius 3 is 1.88 bits per heavy atom. The summed E-state index contributed by atoms with van der Waals surface area (Å²) in [4.78, 5) is 4.40. The lowest BCUT2D eigenvalue weighted by molar-refractivity contribution is -0.490. The molecule has 0 radical (unpaired) electrons. The second kappa shape index (κ2) is 11.0. The Balaban J connectivity index is 3.43. The molecule has 3 heteroatoms. The predicted molar refractivity (Wildman–Crippen MR) is 70.7 cm³/mol. The quantitative estimate of drug-likeness (QED) is 0.300. The first kappa shape index (κ1) is 16.9. The summed E-state index contributed by atoms with van der Waals surface area (Å²) in [6.07, 6.45) is 11.3. The first-order chi connectivity index (χ1) is 8.24. The lowest BCUT2D eigenvalue weighted by atomic mass is 9.75. The van der Waals surface area contributed by atoms with Gasteiger partial charge in [-0.15, -0.1) is 0 Å². The van der Waals surface area contributed by atoms with Gasteiger partial charge in [0.15, 0.2) is 0 Å². The van der Waals surface area contributed by atoms with Crippen LogP contribution in [0.4, 0.5) is 0 Å². The molecule has 0 spiro atoms. The van der Waals surface area contributed by atoms with Crippen LogP contribution in [0.1, 0.15) is 78.6 Å². The maximum Gasteiger partial charge on any atom is 0.0853 e. The standard InChI is InChI=1S/C14H30O3/c1-4-14(5-2,6-3)12-10-8-7-9-11-13-16-17-15/h15H,4-13H2,1-3H3. The highest BCUT2D eigenvalue weighted by Crippen LogP contribution is 2.36. The Morgan fingerprint density at radius 1 is 0.824 bits per heavy atom. The van der Waals surface area contributed by atoms with Gasteiger partial charge in [-0.05, 0) is 18.3 Å². The van der Waals surface area contributed by atoms with Crippen molar-refractivity contribution in [2.45, 2.75) is 78.6 Å². The van der Waals surface area contributed by atoms with Crippen LogP contribution < -0.4 is 0 Å². The summed E-state index contributed by atoms with van der Waals surface area (Å²) in [5.74, 6) is 0. The Bertz CT molecular complexity index is 147. The molecule has 0 saturated heterocycles. The molecule has 0 aromatic rings.